The van der Waals surface area contributed by atoms with E-state index < -0.39 is 11.6 Å². The minimum absolute atomic E-state index is 0.0127. The van der Waals surface area contributed by atoms with Crippen molar-refractivity contribution in [1.29, 1.82) is 0 Å². The summed E-state index contributed by atoms with van der Waals surface area (Å²) >= 11 is 0. The van der Waals surface area contributed by atoms with E-state index in [1.165, 1.54) is 19.3 Å². The molecule has 0 saturated heterocycles. The topological polar surface area (TPSA) is 26.3 Å². The highest BCUT2D eigenvalue weighted by molar-refractivity contribution is 6.01. The maximum Gasteiger partial charge on any atom is 0.200 e. The van der Waals surface area contributed by atoms with Crippen LogP contribution in [0.5, 0.6) is 5.75 Å². The normalized spacial score (nSPS) is 15.2. The standard InChI is InChI=1S/C12H10F2O2/c1-16-11-6-8(5-10(13)12(11)14)7-2-3-9(15)4-7/h4-6H,2-3H2,1H3. The van der Waals surface area contributed by atoms with Crippen LogP contribution < -0.4 is 4.74 Å². The van der Waals surface area contributed by atoms with Crippen LogP contribution in [0.15, 0.2) is 18.2 Å². The van der Waals surface area contributed by atoms with Gasteiger partial charge in [-0.3, -0.25) is 4.79 Å². The van der Waals surface area contributed by atoms with Gasteiger partial charge in [-0.05, 0) is 35.8 Å². The molecule has 0 saturated carbocycles. The molecule has 2 nitrogen and oxygen atoms in total. The Bertz CT molecular complexity index is 478. The molecule has 0 spiro atoms. The second-order valence-corrected chi connectivity index (χ2v) is 3.61. The van der Waals surface area contributed by atoms with Gasteiger partial charge < -0.3 is 4.74 Å². The summed E-state index contributed by atoms with van der Waals surface area (Å²) in [6, 6.07) is 2.49. The Morgan fingerprint density at radius 1 is 1.25 bits per heavy atom. The number of hydrogen-bond donors (Lipinski definition) is 0. The van der Waals surface area contributed by atoms with E-state index in [-0.39, 0.29) is 11.5 Å². The lowest BCUT2D eigenvalue weighted by Gasteiger charge is -2.07. The molecule has 1 aliphatic rings. The van der Waals surface area contributed by atoms with Crippen LogP contribution in [0, 0.1) is 11.6 Å². The first-order valence-corrected chi connectivity index (χ1v) is 4.88. The van der Waals surface area contributed by atoms with Gasteiger partial charge in [0.05, 0.1) is 7.11 Å². The molecule has 0 atom stereocenters. The van der Waals surface area contributed by atoms with E-state index in [1.807, 2.05) is 0 Å². The number of ketones is 1. The largest absolute Gasteiger partial charge is 0.494 e. The van der Waals surface area contributed by atoms with E-state index in [1.54, 1.807) is 0 Å². The van der Waals surface area contributed by atoms with E-state index in [2.05, 4.69) is 0 Å². The summed E-state index contributed by atoms with van der Waals surface area (Å²) in [5.74, 6) is -2.10. The fourth-order valence-electron chi connectivity index (χ4n) is 1.72. The average Bonchev–Trinajstić information content (AvgIpc) is 2.69. The van der Waals surface area contributed by atoms with Crippen LogP contribution >= 0.6 is 0 Å². The lowest BCUT2D eigenvalue weighted by atomic mass is 10.0. The van der Waals surface area contributed by atoms with Crippen molar-refractivity contribution in [2.24, 2.45) is 0 Å². The van der Waals surface area contributed by atoms with Gasteiger partial charge in [-0.25, -0.2) is 4.39 Å². The van der Waals surface area contributed by atoms with Gasteiger partial charge in [-0.15, -0.1) is 0 Å². The molecule has 1 aromatic carbocycles. The number of rotatable bonds is 2. The smallest absolute Gasteiger partial charge is 0.200 e. The van der Waals surface area contributed by atoms with E-state index in [0.717, 1.165) is 11.6 Å². The fraction of sp³-hybridized carbons (Fsp3) is 0.250. The van der Waals surface area contributed by atoms with Crippen LogP contribution in [-0.4, -0.2) is 12.9 Å². The minimum Gasteiger partial charge on any atom is -0.494 e. The van der Waals surface area contributed by atoms with Gasteiger partial charge in [0, 0.05) is 6.42 Å². The Hall–Kier alpha value is -1.71. The number of methoxy groups -OCH3 is 1. The van der Waals surface area contributed by atoms with E-state index in [9.17, 15) is 13.6 Å². The molecule has 2 rings (SSSR count). The van der Waals surface area contributed by atoms with Crippen molar-refractivity contribution in [2.45, 2.75) is 12.8 Å². The molecule has 1 aliphatic carbocycles. The summed E-state index contributed by atoms with van der Waals surface area (Å²) in [5, 5.41) is 0. The quantitative estimate of drug-likeness (QED) is 0.772. The first-order valence-electron chi connectivity index (χ1n) is 4.88. The number of halogens is 2. The molecule has 4 heteroatoms. The van der Waals surface area contributed by atoms with Crippen molar-refractivity contribution in [1.82, 2.24) is 0 Å². The zero-order valence-electron chi connectivity index (χ0n) is 8.72. The summed E-state index contributed by atoms with van der Waals surface area (Å²) in [6.45, 7) is 0. The molecule has 0 unspecified atom stereocenters. The molecule has 0 aromatic heterocycles. The Balaban J connectivity index is 2.46. The van der Waals surface area contributed by atoms with Crippen molar-refractivity contribution in [3.8, 4) is 5.75 Å². The van der Waals surface area contributed by atoms with Gasteiger partial charge in [0.15, 0.2) is 17.3 Å². The lowest BCUT2D eigenvalue weighted by Crippen LogP contribution is -1.94. The molecule has 16 heavy (non-hydrogen) atoms. The first-order chi connectivity index (χ1) is 7.61. The van der Waals surface area contributed by atoms with Gasteiger partial charge in [0.2, 0.25) is 5.82 Å². The summed E-state index contributed by atoms with van der Waals surface area (Å²) in [6.07, 6.45) is 2.45. The van der Waals surface area contributed by atoms with Crippen molar-refractivity contribution < 1.29 is 18.3 Å². The molecular weight excluding hydrogens is 214 g/mol. The number of carbonyl (C=O) groups is 1. The lowest BCUT2D eigenvalue weighted by molar-refractivity contribution is -0.114. The zero-order valence-corrected chi connectivity index (χ0v) is 8.72. The number of carbonyl (C=O) groups excluding carboxylic acids is 1. The Morgan fingerprint density at radius 2 is 2.00 bits per heavy atom. The third-order valence-corrected chi connectivity index (χ3v) is 2.56. The molecule has 0 heterocycles. The van der Waals surface area contributed by atoms with Crippen LogP contribution in [-0.2, 0) is 4.79 Å². The predicted octanol–water partition coefficient (Wildman–Crippen LogP) is 2.72. The highest BCUT2D eigenvalue weighted by atomic mass is 19.2. The van der Waals surface area contributed by atoms with Crippen molar-refractivity contribution in [2.75, 3.05) is 7.11 Å². The summed E-state index contributed by atoms with van der Waals surface area (Å²) < 4.78 is 31.1. The summed E-state index contributed by atoms with van der Waals surface area (Å²) in [7, 11) is 1.27. The van der Waals surface area contributed by atoms with Crippen molar-refractivity contribution in [3.05, 3.63) is 35.4 Å². The van der Waals surface area contributed by atoms with Crippen LogP contribution in [0.25, 0.3) is 5.57 Å². The summed E-state index contributed by atoms with van der Waals surface area (Å²) in [5.41, 5.74) is 1.23. The van der Waals surface area contributed by atoms with E-state index in [0.29, 0.717) is 18.4 Å². The van der Waals surface area contributed by atoms with Gasteiger partial charge >= 0.3 is 0 Å². The maximum absolute atomic E-state index is 13.2. The van der Waals surface area contributed by atoms with Crippen LogP contribution in [0.4, 0.5) is 8.78 Å². The Labute approximate surface area is 91.5 Å². The third kappa shape index (κ3) is 1.83. The molecular formula is C12H10F2O2. The van der Waals surface area contributed by atoms with E-state index in [4.69, 9.17) is 4.74 Å². The van der Waals surface area contributed by atoms with Gasteiger partial charge in [0.1, 0.15) is 0 Å². The fourth-order valence-corrected chi connectivity index (χ4v) is 1.72. The Morgan fingerprint density at radius 3 is 2.56 bits per heavy atom. The molecule has 84 valence electrons. The Kier molecular flexibility index (Phi) is 2.73. The average molecular weight is 224 g/mol. The molecule has 0 radical (unpaired) electrons. The zero-order chi connectivity index (χ0) is 11.7. The summed E-state index contributed by atoms with van der Waals surface area (Å²) in [4.78, 5) is 11.1. The van der Waals surface area contributed by atoms with Gasteiger partial charge in [-0.2, -0.15) is 4.39 Å². The van der Waals surface area contributed by atoms with E-state index >= 15 is 0 Å². The molecule has 0 aliphatic heterocycles. The maximum atomic E-state index is 13.2. The number of hydrogen-bond acceptors (Lipinski definition) is 2. The van der Waals surface area contributed by atoms with Crippen LogP contribution in [0.2, 0.25) is 0 Å². The highest BCUT2D eigenvalue weighted by Crippen LogP contribution is 2.30. The second kappa shape index (κ2) is 4.04. The molecule has 0 bridgehead atoms. The van der Waals surface area contributed by atoms with Crippen LogP contribution in [0.1, 0.15) is 18.4 Å². The predicted molar refractivity (Wildman–Crippen MR) is 55.1 cm³/mol. The second-order valence-electron chi connectivity index (χ2n) is 3.61. The molecule has 0 N–H and O–H groups in total. The van der Waals surface area contributed by atoms with Gasteiger partial charge in [0.25, 0.3) is 0 Å². The van der Waals surface area contributed by atoms with Crippen molar-refractivity contribution in [3.63, 3.8) is 0 Å². The number of ether oxygens (including phenoxy) is 1. The third-order valence-electron chi connectivity index (χ3n) is 2.56. The SMILES string of the molecule is COc1cc(C2=CC(=O)CC2)cc(F)c1F. The molecule has 1 aromatic rings. The number of benzene rings is 1. The minimum atomic E-state index is -1.00. The monoisotopic (exact) mass is 224 g/mol. The number of allylic oxidation sites excluding steroid dienone is 2. The van der Waals surface area contributed by atoms with Crippen molar-refractivity contribution >= 4 is 11.4 Å². The highest BCUT2D eigenvalue weighted by Gasteiger charge is 2.17. The molecule has 0 fully saturated rings. The first kappa shape index (κ1) is 10.8. The van der Waals surface area contributed by atoms with Gasteiger partial charge in [-0.1, -0.05) is 0 Å². The van der Waals surface area contributed by atoms with Crippen LogP contribution in [0.3, 0.4) is 0 Å². The molecule has 0 amide bonds.